The minimum Gasteiger partial charge on any atom is -0.388 e. The van der Waals surface area contributed by atoms with Crippen molar-refractivity contribution < 1.29 is 5.11 Å². The summed E-state index contributed by atoms with van der Waals surface area (Å²) in [5.41, 5.74) is 2.36. The van der Waals surface area contributed by atoms with Crippen molar-refractivity contribution >= 4 is 0 Å². The molecule has 1 heteroatoms. The predicted octanol–water partition coefficient (Wildman–Crippen LogP) is 5.03. The third-order valence-corrected chi connectivity index (χ3v) is 4.72. The standard InChI is InChI=1S/C18H28O/c1-3-4-5-15-8-12-17(13-9-15)18(19)16-10-6-14(2)7-11-16/h6-7,10-11,15,17-19H,3-5,8-9,12-13H2,1-2H3. The van der Waals surface area contributed by atoms with E-state index in [1.54, 1.807) is 0 Å². The third kappa shape index (κ3) is 4.07. The van der Waals surface area contributed by atoms with Crippen LogP contribution in [0.1, 0.15) is 69.1 Å². The molecule has 1 aliphatic rings. The Morgan fingerprint density at radius 3 is 2.32 bits per heavy atom. The molecule has 0 heterocycles. The zero-order valence-electron chi connectivity index (χ0n) is 12.4. The fourth-order valence-electron chi connectivity index (χ4n) is 3.32. The molecule has 19 heavy (non-hydrogen) atoms. The lowest BCUT2D eigenvalue weighted by atomic mass is 9.76. The minimum atomic E-state index is -0.257. The van der Waals surface area contributed by atoms with Crippen LogP contribution >= 0.6 is 0 Å². The Morgan fingerprint density at radius 2 is 1.74 bits per heavy atom. The number of aliphatic hydroxyl groups is 1. The van der Waals surface area contributed by atoms with Gasteiger partial charge in [-0.25, -0.2) is 0 Å². The van der Waals surface area contributed by atoms with Crippen LogP contribution in [0.4, 0.5) is 0 Å². The molecule has 1 aromatic rings. The summed E-state index contributed by atoms with van der Waals surface area (Å²) < 4.78 is 0. The molecule has 1 nitrogen and oxygen atoms in total. The molecule has 0 spiro atoms. The second kappa shape index (κ2) is 7.09. The average Bonchev–Trinajstić information content (AvgIpc) is 2.46. The number of aryl methyl sites for hydroxylation is 1. The molecule has 0 amide bonds. The highest BCUT2D eigenvalue weighted by molar-refractivity contribution is 5.23. The maximum Gasteiger partial charge on any atom is 0.0818 e. The molecule has 1 aliphatic carbocycles. The van der Waals surface area contributed by atoms with E-state index in [-0.39, 0.29) is 6.10 Å². The first-order valence-corrected chi connectivity index (χ1v) is 7.95. The van der Waals surface area contributed by atoms with Gasteiger partial charge in [-0.15, -0.1) is 0 Å². The second-order valence-corrected chi connectivity index (χ2v) is 6.28. The van der Waals surface area contributed by atoms with Crippen LogP contribution in [0.25, 0.3) is 0 Å². The maximum absolute atomic E-state index is 10.5. The SMILES string of the molecule is CCCCC1CCC(C(O)c2ccc(C)cc2)CC1. The molecular weight excluding hydrogens is 232 g/mol. The number of hydrogen-bond donors (Lipinski definition) is 1. The van der Waals surface area contributed by atoms with Crippen molar-refractivity contribution in [2.75, 3.05) is 0 Å². The van der Waals surface area contributed by atoms with Crippen LogP contribution in [-0.4, -0.2) is 5.11 Å². The quantitative estimate of drug-likeness (QED) is 0.787. The van der Waals surface area contributed by atoms with E-state index in [0.717, 1.165) is 11.5 Å². The molecule has 1 unspecified atom stereocenters. The molecule has 0 bridgehead atoms. The third-order valence-electron chi connectivity index (χ3n) is 4.72. The van der Waals surface area contributed by atoms with E-state index < -0.39 is 0 Å². The molecule has 1 N–H and O–H groups in total. The summed E-state index contributed by atoms with van der Waals surface area (Å²) in [6.07, 6.45) is 8.84. The first-order valence-electron chi connectivity index (χ1n) is 7.95. The Morgan fingerprint density at radius 1 is 1.11 bits per heavy atom. The summed E-state index contributed by atoms with van der Waals surface area (Å²) in [4.78, 5) is 0. The Hall–Kier alpha value is -0.820. The molecule has 1 aromatic carbocycles. The highest BCUT2D eigenvalue weighted by atomic mass is 16.3. The first-order chi connectivity index (χ1) is 9.20. The van der Waals surface area contributed by atoms with E-state index in [1.807, 2.05) is 0 Å². The summed E-state index contributed by atoms with van der Waals surface area (Å²) in [5, 5.41) is 10.5. The van der Waals surface area contributed by atoms with Gasteiger partial charge in [-0.1, -0.05) is 68.9 Å². The van der Waals surface area contributed by atoms with Gasteiger partial charge in [0, 0.05) is 0 Å². The van der Waals surface area contributed by atoms with E-state index in [1.165, 1.54) is 50.5 Å². The average molecular weight is 260 g/mol. The fourth-order valence-corrected chi connectivity index (χ4v) is 3.32. The first kappa shape index (κ1) is 14.6. The van der Waals surface area contributed by atoms with Crippen molar-refractivity contribution in [2.24, 2.45) is 11.8 Å². The molecule has 106 valence electrons. The van der Waals surface area contributed by atoms with Gasteiger partial charge in [0.05, 0.1) is 6.10 Å². The van der Waals surface area contributed by atoms with E-state index >= 15 is 0 Å². The van der Waals surface area contributed by atoms with E-state index in [4.69, 9.17) is 0 Å². The Labute approximate surface area is 118 Å². The van der Waals surface area contributed by atoms with Gasteiger partial charge in [-0.05, 0) is 37.2 Å². The number of aliphatic hydroxyl groups excluding tert-OH is 1. The van der Waals surface area contributed by atoms with Gasteiger partial charge in [0.1, 0.15) is 0 Å². The van der Waals surface area contributed by atoms with Gasteiger partial charge in [-0.3, -0.25) is 0 Å². The lowest BCUT2D eigenvalue weighted by Crippen LogP contribution is -2.20. The van der Waals surface area contributed by atoms with Crippen molar-refractivity contribution in [3.8, 4) is 0 Å². The molecule has 2 rings (SSSR count). The fraction of sp³-hybridized carbons (Fsp3) is 0.667. The van der Waals surface area contributed by atoms with Gasteiger partial charge in [0.2, 0.25) is 0 Å². The molecule has 0 radical (unpaired) electrons. The van der Waals surface area contributed by atoms with Crippen molar-refractivity contribution in [1.29, 1.82) is 0 Å². The zero-order valence-corrected chi connectivity index (χ0v) is 12.4. The van der Waals surface area contributed by atoms with Gasteiger partial charge >= 0.3 is 0 Å². The minimum absolute atomic E-state index is 0.257. The number of rotatable bonds is 5. The van der Waals surface area contributed by atoms with Crippen LogP contribution in [0.3, 0.4) is 0 Å². The van der Waals surface area contributed by atoms with Crippen LogP contribution in [-0.2, 0) is 0 Å². The topological polar surface area (TPSA) is 20.2 Å². The summed E-state index contributed by atoms with van der Waals surface area (Å²) in [7, 11) is 0. The molecule has 1 atom stereocenters. The zero-order chi connectivity index (χ0) is 13.7. The largest absolute Gasteiger partial charge is 0.388 e. The van der Waals surface area contributed by atoms with Crippen LogP contribution in [0, 0.1) is 18.8 Å². The lowest BCUT2D eigenvalue weighted by molar-refractivity contribution is 0.0720. The lowest BCUT2D eigenvalue weighted by Gasteiger charge is -2.31. The molecule has 1 saturated carbocycles. The molecule has 1 fully saturated rings. The van der Waals surface area contributed by atoms with Crippen molar-refractivity contribution in [3.63, 3.8) is 0 Å². The summed E-state index contributed by atoms with van der Waals surface area (Å²) in [5.74, 6) is 1.39. The number of benzene rings is 1. The maximum atomic E-state index is 10.5. The van der Waals surface area contributed by atoms with E-state index in [0.29, 0.717) is 5.92 Å². The van der Waals surface area contributed by atoms with Crippen LogP contribution in [0.15, 0.2) is 24.3 Å². The molecule has 0 saturated heterocycles. The van der Waals surface area contributed by atoms with Gasteiger partial charge < -0.3 is 5.11 Å². The monoisotopic (exact) mass is 260 g/mol. The predicted molar refractivity (Wildman–Crippen MR) is 81.1 cm³/mol. The second-order valence-electron chi connectivity index (χ2n) is 6.28. The highest BCUT2D eigenvalue weighted by Gasteiger charge is 2.26. The van der Waals surface area contributed by atoms with E-state index in [2.05, 4.69) is 38.1 Å². The smallest absolute Gasteiger partial charge is 0.0818 e. The van der Waals surface area contributed by atoms with Gasteiger partial charge in [0.25, 0.3) is 0 Å². The highest BCUT2D eigenvalue weighted by Crippen LogP contribution is 2.38. The van der Waals surface area contributed by atoms with Gasteiger partial charge in [-0.2, -0.15) is 0 Å². The van der Waals surface area contributed by atoms with Gasteiger partial charge in [0.15, 0.2) is 0 Å². The number of unbranched alkanes of at least 4 members (excludes halogenated alkanes) is 1. The Bertz CT molecular complexity index is 360. The van der Waals surface area contributed by atoms with Crippen LogP contribution in [0.5, 0.6) is 0 Å². The van der Waals surface area contributed by atoms with Crippen molar-refractivity contribution in [3.05, 3.63) is 35.4 Å². The number of hydrogen-bond acceptors (Lipinski definition) is 1. The normalized spacial score (nSPS) is 25.2. The summed E-state index contributed by atoms with van der Waals surface area (Å²) in [6, 6.07) is 8.38. The molecule has 0 aromatic heterocycles. The van der Waals surface area contributed by atoms with Crippen LogP contribution in [0.2, 0.25) is 0 Å². The Balaban J connectivity index is 1.85. The van der Waals surface area contributed by atoms with Crippen molar-refractivity contribution in [2.45, 2.75) is 64.9 Å². The van der Waals surface area contributed by atoms with Crippen molar-refractivity contribution in [1.82, 2.24) is 0 Å². The summed E-state index contributed by atoms with van der Waals surface area (Å²) >= 11 is 0. The van der Waals surface area contributed by atoms with Crippen LogP contribution < -0.4 is 0 Å². The molecule has 0 aliphatic heterocycles. The molecular formula is C18H28O. The Kier molecular flexibility index (Phi) is 5.45. The van der Waals surface area contributed by atoms with E-state index in [9.17, 15) is 5.11 Å². The summed E-state index contributed by atoms with van der Waals surface area (Å²) in [6.45, 7) is 4.36.